The number of hydrogen-bond donors (Lipinski definition) is 0. The smallest absolute Gasteiger partial charge is 0.187 e. The van der Waals surface area contributed by atoms with Crippen LogP contribution in [0.25, 0.3) is 5.52 Å². The fraction of sp³-hybridized carbons (Fsp3) is 0.167. The number of pyridine rings is 1. The van der Waals surface area contributed by atoms with Gasteiger partial charge in [0.15, 0.2) is 5.78 Å². The van der Waals surface area contributed by atoms with E-state index in [1.807, 2.05) is 31.1 Å². The van der Waals surface area contributed by atoms with E-state index in [2.05, 4.69) is 5.10 Å². The second-order valence-corrected chi connectivity index (χ2v) is 3.76. The number of aromatic nitrogens is 2. The molecule has 0 saturated carbocycles. The summed E-state index contributed by atoms with van der Waals surface area (Å²) in [7, 11) is 3.76. The zero-order valence-corrected chi connectivity index (χ0v) is 9.29. The van der Waals surface area contributed by atoms with Gasteiger partial charge in [0.05, 0.1) is 5.52 Å². The van der Waals surface area contributed by atoms with Crippen LogP contribution in [0.3, 0.4) is 0 Å². The van der Waals surface area contributed by atoms with Crippen molar-refractivity contribution < 1.29 is 4.79 Å². The van der Waals surface area contributed by atoms with E-state index in [9.17, 15) is 4.79 Å². The van der Waals surface area contributed by atoms with E-state index in [4.69, 9.17) is 0 Å². The molecular formula is C12H13N3O. The molecule has 16 heavy (non-hydrogen) atoms. The Labute approximate surface area is 93.8 Å². The quantitative estimate of drug-likeness (QED) is 0.576. The lowest BCUT2D eigenvalue weighted by atomic mass is 10.1. The molecule has 2 heterocycles. The lowest BCUT2D eigenvalue weighted by molar-refractivity contribution is 0.104. The van der Waals surface area contributed by atoms with Crippen LogP contribution in [0, 0.1) is 0 Å². The maximum Gasteiger partial charge on any atom is 0.187 e. The first-order chi connectivity index (χ1) is 7.66. The number of carbonyl (C=O) groups excluding carboxylic acids is 1. The van der Waals surface area contributed by atoms with Crippen LogP contribution >= 0.6 is 0 Å². The van der Waals surface area contributed by atoms with Gasteiger partial charge in [0, 0.05) is 44.3 Å². The molecule has 0 fully saturated rings. The lowest BCUT2D eigenvalue weighted by Gasteiger charge is -2.03. The Kier molecular flexibility index (Phi) is 2.72. The minimum Gasteiger partial charge on any atom is -0.383 e. The minimum absolute atomic E-state index is 0.00241. The number of carbonyl (C=O) groups is 1. The normalized spacial score (nSPS) is 11.1. The molecule has 0 saturated heterocycles. The molecule has 0 N–H and O–H groups in total. The molecule has 4 heteroatoms. The molecule has 0 aliphatic rings. The van der Waals surface area contributed by atoms with Gasteiger partial charge < -0.3 is 4.90 Å². The minimum atomic E-state index is -0.00241. The van der Waals surface area contributed by atoms with E-state index in [0.29, 0.717) is 5.56 Å². The first-order valence-corrected chi connectivity index (χ1v) is 4.99. The third-order valence-electron chi connectivity index (χ3n) is 2.21. The molecule has 0 spiro atoms. The highest BCUT2D eigenvalue weighted by Crippen LogP contribution is 2.07. The largest absolute Gasteiger partial charge is 0.383 e. The van der Waals surface area contributed by atoms with Crippen molar-refractivity contribution in [3.63, 3.8) is 0 Å². The zero-order chi connectivity index (χ0) is 11.5. The standard InChI is InChI=1S/C12H13N3O/c1-14(2)7-5-12(16)10-4-8-15-11(9-10)3-6-13-15/h3-9H,1-2H3/b7-5-. The van der Waals surface area contributed by atoms with E-state index in [1.165, 1.54) is 0 Å². The molecule has 0 unspecified atom stereocenters. The highest BCUT2D eigenvalue weighted by Gasteiger charge is 2.03. The summed E-state index contributed by atoms with van der Waals surface area (Å²) in [6.07, 6.45) is 6.79. The van der Waals surface area contributed by atoms with Gasteiger partial charge in [-0.25, -0.2) is 4.52 Å². The van der Waals surface area contributed by atoms with Crippen molar-refractivity contribution in [2.24, 2.45) is 0 Å². The second kappa shape index (κ2) is 4.18. The van der Waals surface area contributed by atoms with Crippen LogP contribution in [-0.2, 0) is 0 Å². The first-order valence-electron chi connectivity index (χ1n) is 4.99. The van der Waals surface area contributed by atoms with Gasteiger partial charge in [0.2, 0.25) is 0 Å². The molecule has 2 rings (SSSR count). The molecule has 82 valence electrons. The van der Waals surface area contributed by atoms with E-state index >= 15 is 0 Å². The van der Waals surface area contributed by atoms with Crippen molar-refractivity contribution in [2.45, 2.75) is 0 Å². The van der Waals surface area contributed by atoms with Crippen molar-refractivity contribution in [1.82, 2.24) is 14.5 Å². The van der Waals surface area contributed by atoms with Crippen molar-refractivity contribution in [3.8, 4) is 0 Å². The summed E-state index contributed by atoms with van der Waals surface area (Å²) >= 11 is 0. The van der Waals surface area contributed by atoms with Gasteiger partial charge in [-0.15, -0.1) is 0 Å². The topological polar surface area (TPSA) is 37.6 Å². The third-order valence-corrected chi connectivity index (χ3v) is 2.21. The summed E-state index contributed by atoms with van der Waals surface area (Å²) in [5.74, 6) is -0.00241. The molecule has 0 amide bonds. The molecule has 0 aromatic carbocycles. The molecule has 2 aromatic heterocycles. The second-order valence-electron chi connectivity index (χ2n) is 3.76. The Bertz CT molecular complexity index is 540. The number of allylic oxidation sites excluding steroid dienone is 1. The Morgan fingerprint density at radius 3 is 3.00 bits per heavy atom. The predicted molar refractivity (Wildman–Crippen MR) is 62.3 cm³/mol. The van der Waals surface area contributed by atoms with Gasteiger partial charge in [-0.05, 0) is 18.2 Å². The van der Waals surface area contributed by atoms with Crippen molar-refractivity contribution >= 4 is 11.3 Å². The summed E-state index contributed by atoms with van der Waals surface area (Å²) < 4.78 is 1.73. The fourth-order valence-corrected chi connectivity index (χ4v) is 1.39. The molecule has 4 nitrogen and oxygen atoms in total. The van der Waals surface area contributed by atoms with Gasteiger partial charge >= 0.3 is 0 Å². The number of nitrogens with zero attached hydrogens (tertiary/aromatic N) is 3. The van der Waals surface area contributed by atoms with Gasteiger partial charge in [-0.3, -0.25) is 4.79 Å². The van der Waals surface area contributed by atoms with Crippen LogP contribution in [-0.4, -0.2) is 34.4 Å². The molecule has 2 aromatic rings. The number of rotatable bonds is 3. The molecule has 0 atom stereocenters. The molecule has 0 aliphatic heterocycles. The van der Waals surface area contributed by atoms with E-state index < -0.39 is 0 Å². The Morgan fingerprint density at radius 2 is 2.25 bits per heavy atom. The van der Waals surface area contributed by atoms with Gasteiger partial charge in [0.25, 0.3) is 0 Å². The fourth-order valence-electron chi connectivity index (χ4n) is 1.39. The Balaban J connectivity index is 2.29. The van der Waals surface area contributed by atoms with Gasteiger partial charge in [-0.1, -0.05) is 0 Å². The number of hydrogen-bond acceptors (Lipinski definition) is 3. The molecule has 0 aliphatic carbocycles. The van der Waals surface area contributed by atoms with Crippen molar-refractivity contribution in [2.75, 3.05) is 14.1 Å². The van der Waals surface area contributed by atoms with Crippen LogP contribution in [0.1, 0.15) is 10.4 Å². The van der Waals surface area contributed by atoms with Gasteiger partial charge in [-0.2, -0.15) is 5.10 Å². The van der Waals surface area contributed by atoms with Crippen LogP contribution in [0.5, 0.6) is 0 Å². The van der Waals surface area contributed by atoms with Crippen LogP contribution in [0.15, 0.2) is 42.9 Å². The van der Waals surface area contributed by atoms with Crippen LogP contribution < -0.4 is 0 Å². The van der Waals surface area contributed by atoms with Crippen molar-refractivity contribution in [1.29, 1.82) is 0 Å². The summed E-state index contributed by atoms with van der Waals surface area (Å²) in [4.78, 5) is 13.6. The maximum absolute atomic E-state index is 11.8. The number of ketones is 1. The summed E-state index contributed by atoms with van der Waals surface area (Å²) in [5.41, 5.74) is 1.59. The van der Waals surface area contributed by atoms with Gasteiger partial charge in [0.1, 0.15) is 0 Å². The molecule has 0 bridgehead atoms. The predicted octanol–water partition coefficient (Wildman–Crippen LogP) is 1.59. The average Bonchev–Trinajstić information content (AvgIpc) is 2.72. The zero-order valence-electron chi connectivity index (χ0n) is 9.29. The molecule has 0 radical (unpaired) electrons. The van der Waals surface area contributed by atoms with Crippen LogP contribution in [0.2, 0.25) is 0 Å². The summed E-state index contributed by atoms with van der Waals surface area (Å²) in [6.45, 7) is 0. The van der Waals surface area contributed by atoms with E-state index in [-0.39, 0.29) is 5.78 Å². The average molecular weight is 215 g/mol. The number of fused-ring (bicyclic) bond motifs is 1. The highest BCUT2D eigenvalue weighted by molar-refractivity contribution is 6.05. The maximum atomic E-state index is 11.8. The Hall–Kier alpha value is -2.10. The summed E-state index contributed by atoms with van der Waals surface area (Å²) in [6, 6.07) is 5.46. The summed E-state index contributed by atoms with van der Waals surface area (Å²) in [5, 5.41) is 4.07. The lowest BCUT2D eigenvalue weighted by Crippen LogP contribution is -2.03. The Morgan fingerprint density at radius 1 is 1.44 bits per heavy atom. The van der Waals surface area contributed by atoms with E-state index in [0.717, 1.165) is 5.52 Å². The SMILES string of the molecule is CN(C)/C=C\C(=O)c1ccn2nccc2c1. The van der Waals surface area contributed by atoms with Crippen molar-refractivity contribution in [3.05, 3.63) is 48.4 Å². The van der Waals surface area contributed by atoms with E-state index in [1.54, 1.807) is 35.3 Å². The third kappa shape index (κ3) is 2.11. The van der Waals surface area contributed by atoms with Crippen LogP contribution in [0.4, 0.5) is 0 Å². The monoisotopic (exact) mass is 215 g/mol. The molecular weight excluding hydrogens is 202 g/mol. The first kappa shape index (κ1) is 10.4. The highest BCUT2D eigenvalue weighted by atomic mass is 16.1.